The molecule has 392 valence electrons. The van der Waals surface area contributed by atoms with Crippen LogP contribution in [0.15, 0.2) is 150 Å². The Morgan fingerprint density at radius 2 is 1.19 bits per heavy atom. The smallest absolute Gasteiger partial charge is 0.397 e. The van der Waals surface area contributed by atoms with E-state index >= 15 is 0 Å². The first kappa shape index (κ1) is 54.6. The SMILES string of the molecule is Nc1c(N=Nc2cc(N=c3nc(Nc4ccc(S(=O)(=O)CCOS(=O)(=O)O)cc4)nc(Cl)[nH]3)ccc2S(=O)(=O)O)c(=O)n2c(C(=O)O)c(N=Nc3ccc(N=Nc4ccc(S(=O)(=O)O)c(S(=O)(=O)O)c4)cc3)c(=O)n12. The van der Waals surface area contributed by atoms with Crippen LogP contribution in [0.2, 0.25) is 5.28 Å². The lowest BCUT2D eigenvalue weighted by Crippen LogP contribution is -2.17. The van der Waals surface area contributed by atoms with Crippen LogP contribution in [0.4, 0.5) is 57.3 Å². The molecule has 0 aliphatic rings. The van der Waals surface area contributed by atoms with Crippen molar-refractivity contribution in [2.75, 3.05) is 23.4 Å². The predicted molar refractivity (Wildman–Crippen MR) is 253 cm³/mol. The summed E-state index contributed by atoms with van der Waals surface area (Å²) in [6, 6.07) is 15.0. The maximum absolute atomic E-state index is 13.6. The first-order valence-corrected chi connectivity index (χ1v) is 27.2. The largest absolute Gasteiger partial charge is 0.476 e. The maximum atomic E-state index is 13.6. The summed E-state index contributed by atoms with van der Waals surface area (Å²) in [4.78, 5) is 51.0. The fourth-order valence-corrected chi connectivity index (χ4v) is 10.2. The van der Waals surface area contributed by atoms with Crippen LogP contribution < -0.4 is 27.8 Å². The first-order valence-electron chi connectivity index (χ1n) is 19.5. The molecule has 9 N–H and O–H groups in total. The summed E-state index contributed by atoms with van der Waals surface area (Å²) in [6.07, 6.45) is 0. The van der Waals surface area contributed by atoms with Gasteiger partial charge in [-0.2, -0.15) is 68.0 Å². The standard InChI is InChI=1S/C36H27ClN14O19S5/c37-34-41-35(39-17-5-9-22(10-6-17)71(56,57)14-13-70-75(67,68)69)43-36(42-34)40-20-7-11-24(72(58,59)60)23(15-20)47-49-28-30(38)51-31(52)27(29(33(54)55)50(51)32(28)53)48-45-19-3-1-18(2-4-19)44-46-21-8-12-25(73(61,62)63)26(16-21)74(64,65)66/h1-12,15-16H,13-14,38H2,(H,54,55)(H,58,59,60)(H,61,62,63)(H,64,65,66)(H,67,68,69)(H2,39,40,41,42,43). The van der Waals surface area contributed by atoms with Crippen molar-refractivity contribution < 1.29 is 74.4 Å². The monoisotopic (exact) mass is 1150 g/mol. The number of fused-ring (bicyclic) bond motifs is 1. The molecule has 0 unspecified atom stereocenters. The number of sulfone groups is 1. The van der Waals surface area contributed by atoms with E-state index in [0.29, 0.717) is 16.6 Å². The quantitative estimate of drug-likeness (QED) is 0.0447. The highest BCUT2D eigenvalue weighted by molar-refractivity contribution is 7.91. The molecular formula is C36H27ClN14O19S5. The highest BCUT2D eigenvalue weighted by Crippen LogP contribution is 2.33. The number of carbonyl (C=O) groups is 1. The summed E-state index contributed by atoms with van der Waals surface area (Å²) in [7, 11) is -24.2. The van der Waals surface area contributed by atoms with E-state index in [1.54, 1.807) is 0 Å². The highest BCUT2D eigenvalue weighted by atomic mass is 35.5. The Bertz CT molecular complexity index is 4360. The fraction of sp³-hybridized carbons (Fsp3) is 0.0556. The third-order valence-electron chi connectivity index (χ3n) is 9.38. The summed E-state index contributed by atoms with van der Waals surface area (Å²) >= 11 is 6.13. The number of hydrogen-bond donors (Lipinski definition) is 8. The number of aromatic amines is 1. The van der Waals surface area contributed by atoms with E-state index in [2.05, 4.69) is 60.1 Å². The summed E-state index contributed by atoms with van der Waals surface area (Å²) in [5.74, 6) is -3.71. The number of benzene rings is 4. The van der Waals surface area contributed by atoms with Gasteiger partial charge in [-0.1, -0.05) is 0 Å². The Balaban J connectivity index is 1.14. The fourth-order valence-electron chi connectivity index (χ4n) is 6.19. The first-order chi connectivity index (χ1) is 34.9. The van der Waals surface area contributed by atoms with E-state index in [0.717, 1.165) is 36.4 Å². The molecule has 0 aliphatic heterocycles. The van der Waals surface area contributed by atoms with Crippen molar-refractivity contribution in [2.24, 2.45) is 35.7 Å². The van der Waals surface area contributed by atoms with Crippen molar-refractivity contribution in [3.8, 4) is 0 Å². The Kier molecular flexibility index (Phi) is 15.0. The molecule has 0 spiro atoms. The van der Waals surface area contributed by atoms with Gasteiger partial charge in [-0.15, -0.1) is 15.3 Å². The normalized spacial score (nSPS) is 13.2. The van der Waals surface area contributed by atoms with Crippen LogP contribution in [0, 0.1) is 0 Å². The number of azo groups is 3. The van der Waals surface area contributed by atoms with Crippen LogP contribution in [-0.4, -0.2) is 108 Å². The summed E-state index contributed by atoms with van der Waals surface area (Å²) in [5, 5.41) is 35.0. The molecular weight excluding hydrogens is 1130 g/mol. The minimum Gasteiger partial charge on any atom is -0.476 e. The molecule has 7 rings (SSSR count). The molecule has 33 nitrogen and oxygen atoms in total. The summed E-state index contributed by atoms with van der Waals surface area (Å²) in [6.45, 7) is -0.854. The third-order valence-corrected chi connectivity index (χ3v) is 14.6. The molecule has 0 saturated carbocycles. The number of carboxylic acids is 1. The predicted octanol–water partition coefficient (Wildman–Crippen LogP) is 3.80. The van der Waals surface area contributed by atoms with E-state index < -0.39 is 123 Å². The Labute approximate surface area is 422 Å². The van der Waals surface area contributed by atoms with Gasteiger partial charge < -0.3 is 16.2 Å². The number of hydrogen-bond acceptors (Lipinski definition) is 25. The number of nitrogen functional groups attached to an aromatic ring is 1. The number of aromatic carboxylic acids is 1. The van der Waals surface area contributed by atoms with Crippen molar-refractivity contribution in [1.29, 1.82) is 0 Å². The molecule has 75 heavy (non-hydrogen) atoms. The van der Waals surface area contributed by atoms with E-state index in [1.165, 1.54) is 36.4 Å². The molecule has 0 bridgehead atoms. The van der Waals surface area contributed by atoms with Gasteiger partial charge in [0.15, 0.2) is 32.7 Å². The zero-order valence-corrected chi connectivity index (χ0v) is 41.2. The van der Waals surface area contributed by atoms with Gasteiger partial charge in [0.1, 0.15) is 20.4 Å². The lowest BCUT2D eigenvalue weighted by molar-refractivity contribution is 0.0688. The molecule has 0 radical (unpaired) electrons. The molecule has 3 heterocycles. The Morgan fingerprint density at radius 1 is 0.653 bits per heavy atom. The molecule has 0 saturated heterocycles. The molecule has 0 atom stereocenters. The Morgan fingerprint density at radius 3 is 1.77 bits per heavy atom. The lowest BCUT2D eigenvalue weighted by Gasteiger charge is -2.07. The van der Waals surface area contributed by atoms with Gasteiger partial charge in [0, 0.05) is 5.69 Å². The number of nitrogens with one attached hydrogen (secondary N) is 2. The Hall–Kier alpha value is -8.18. The van der Waals surface area contributed by atoms with E-state index in [-0.39, 0.29) is 54.7 Å². The average Bonchev–Trinajstić information content (AvgIpc) is 3.73. The van der Waals surface area contributed by atoms with Crippen molar-refractivity contribution >= 4 is 125 Å². The van der Waals surface area contributed by atoms with Gasteiger partial charge in [-0.3, -0.25) is 32.8 Å². The van der Waals surface area contributed by atoms with Crippen molar-refractivity contribution in [3.63, 3.8) is 0 Å². The second-order valence-electron chi connectivity index (χ2n) is 14.4. The van der Waals surface area contributed by atoms with Crippen LogP contribution in [0.5, 0.6) is 0 Å². The second kappa shape index (κ2) is 20.6. The second-order valence-corrected chi connectivity index (χ2v) is 22.1. The lowest BCUT2D eigenvalue weighted by atomic mass is 10.3. The van der Waals surface area contributed by atoms with Crippen LogP contribution in [0.3, 0.4) is 0 Å². The zero-order chi connectivity index (χ0) is 55.0. The van der Waals surface area contributed by atoms with Crippen LogP contribution in [-0.2, 0) is 54.8 Å². The number of H-pyrrole nitrogens is 1. The summed E-state index contributed by atoms with van der Waals surface area (Å²) < 4.78 is 160. The van der Waals surface area contributed by atoms with E-state index in [4.69, 9.17) is 21.9 Å². The van der Waals surface area contributed by atoms with Crippen molar-refractivity contribution in [3.05, 3.63) is 122 Å². The van der Waals surface area contributed by atoms with Gasteiger partial charge in [0.05, 0.1) is 40.0 Å². The maximum Gasteiger partial charge on any atom is 0.397 e. The van der Waals surface area contributed by atoms with Crippen LogP contribution in [0.25, 0.3) is 0 Å². The number of aromatic nitrogens is 5. The topological polar surface area (TPSA) is 507 Å². The minimum absolute atomic E-state index is 0.0365. The number of carboxylic acid groups (broad SMARTS) is 1. The van der Waals surface area contributed by atoms with Gasteiger partial charge in [-0.25, -0.2) is 22.4 Å². The number of anilines is 3. The van der Waals surface area contributed by atoms with Crippen molar-refractivity contribution in [1.82, 2.24) is 24.0 Å². The molecule has 0 amide bonds. The van der Waals surface area contributed by atoms with Gasteiger partial charge in [0.2, 0.25) is 16.9 Å². The number of nitrogens with two attached hydrogens (primary N) is 1. The molecule has 0 aliphatic carbocycles. The van der Waals surface area contributed by atoms with Gasteiger partial charge in [0.25, 0.3) is 30.4 Å². The molecule has 7 aromatic rings. The average molecular weight is 1160 g/mol. The van der Waals surface area contributed by atoms with Crippen LogP contribution >= 0.6 is 11.6 Å². The molecule has 3 aromatic heterocycles. The van der Waals surface area contributed by atoms with Crippen LogP contribution in [0.1, 0.15) is 10.5 Å². The highest BCUT2D eigenvalue weighted by Gasteiger charge is 2.30. The molecule has 4 aromatic carbocycles. The number of nitrogens with zero attached hydrogens (tertiary/aromatic N) is 11. The van der Waals surface area contributed by atoms with Gasteiger partial charge >= 0.3 is 27.5 Å². The van der Waals surface area contributed by atoms with E-state index in [9.17, 15) is 75.2 Å². The minimum atomic E-state index is -5.14. The zero-order valence-electron chi connectivity index (χ0n) is 36.4. The van der Waals surface area contributed by atoms with Gasteiger partial charge in [-0.05, 0) is 96.5 Å². The van der Waals surface area contributed by atoms with E-state index in [1.807, 2.05) is 0 Å². The molecule has 0 fully saturated rings. The number of halogens is 1. The molecule has 39 heteroatoms. The van der Waals surface area contributed by atoms with Crippen molar-refractivity contribution in [2.45, 2.75) is 19.6 Å². The third kappa shape index (κ3) is 12.8. The summed E-state index contributed by atoms with van der Waals surface area (Å²) in [5.41, 5.74) is -0.625. The number of rotatable bonds is 18.